The minimum atomic E-state index is 0.111. The maximum Gasteiger partial charge on any atom is 0.0699 e. The molecule has 0 heterocycles. The lowest BCUT2D eigenvalue weighted by Gasteiger charge is -2.21. The van der Waals surface area contributed by atoms with Gasteiger partial charge in [0, 0.05) is 13.7 Å². The van der Waals surface area contributed by atoms with Crippen LogP contribution < -0.4 is 0 Å². The number of nitrogens with zero attached hydrogens (tertiary/aromatic N) is 1. The van der Waals surface area contributed by atoms with Crippen LogP contribution in [0, 0.1) is 6.92 Å². The van der Waals surface area contributed by atoms with Crippen LogP contribution in [0.25, 0.3) is 0 Å². The van der Waals surface area contributed by atoms with Crippen LogP contribution in [0.15, 0.2) is 0 Å². The smallest absolute Gasteiger partial charge is 0.0699 e. The zero-order chi connectivity index (χ0) is 7.98. The Morgan fingerprint density at radius 1 is 1.40 bits per heavy atom. The van der Waals surface area contributed by atoms with Crippen LogP contribution in [-0.2, 0) is 4.74 Å². The molecule has 1 unspecified atom stereocenters. The third-order valence-electron chi connectivity index (χ3n) is 1.69. The molecule has 1 radical (unpaired) electrons. The van der Waals surface area contributed by atoms with Crippen molar-refractivity contribution >= 4 is 0 Å². The monoisotopic (exact) mass is 144 g/mol. The highest BCUT2D eigenvalue weighted by Gasteiger charge is 2.04. The van der Waals surface area contributed by atoms with Gasteiger partial charge >= 0.3 is 0 Å². The van der Waals surface area contributed by atoms with Crippen LogP contribution in [-0.4, -0.2) is 37.7 Å². The Labute approximate surface area is 64.2 Å². The van der Waals surface area contributed by atoms with Gasteiger partial charge in [-0.3, -0.25) is 0 Å². The molecule has 0 aromatic rings. The first-order valence-electron chi connectivity index (χ1n) is 3.82. The first-order chi connectivity index (χ1) is 4.74. The topological polar surface area (TPSA) is 12.5 Å². The van der Waals surface area contributed by atoms with Crippen molar-refractivity contribution in [3.05, 3.63) is 6.92 Å². The molecule has 61 valence electrons. The lowest BCUT2D eigenvalue weighted by molar-refractivity contribution is 0.0986. The Kier molecular flexibility index (Phi) is 5.64. The summed E-state index contributed by atoms with van der Waals surface area (Å²) in [5, 5.41) is 0. The number of hydrogen-bond donors (Lipinski definition) is 0. The predicted molar refractivity (Wildman–Crippen MR) is 43.9 cm³/mol. The highest BCUT2D eigenvalue weighted by Crippen LogP contribution is 1.93. The summed E-state index contributed by atoms with van der Waals surface area (Å²) in [6.07, 6.45) is 0.111. The summed E-state index contributed by atoms with van der Waals surface area (Å²) in [5.74, 6) is 0. The average Bonchev–Trinajstić information content (AvgIpc) is 1.99. The number of rotatable bonds is 5. The van der Waals surface area contributed by atoms with E-state index in [9.17, 15) is 0 Å². The summed E-state index contributed by atoms with van der Waals surface area (Å²) >= 11 is 0. The molecule has 2 heteroatoms. The predicted octanol–water partition coefficient (Wildman–Crippen LogP) is 1.18. The van der Waals surface area contributed by atoms with Crippen LogP contribution in [0.2, 0.25) is 0 Å². The van der Waals surface area contributed by atoms with Crippen molar-refractivity contribution in [1.82, 2.24) is 4.90 Å². The average molecular weight is 144 g/mol. The summed E-state index contributed by atoms with van der Waals surface area (Å²) in [6.45, 7) is 11.2. The lowest BCUT2D eigenvalue weighted by atomic mass is 10.3. The Balaban J connectivity index is 3.41. The van der Waals surface area contributed by atoms with Crippen LogP contribution in [0.1, 0.15) is 13.8 Å². The van der Waals surface area contributed by atoms with Gasteiger partial charge in [0.15, 0.2) is 0 Å². The van der Waals surface area contributed by atoms with E-state index in [0.717, 1.165) is 19.6 Å². The van der Waals surface area contributed by atoms with Crippen LogP contribution >= 0.6 is 0 Å². The third kappa shape index (κ3) is 3.85. The van der Waals surface area contributed by atoms with Crippen LogP contribution in [0.3, 0.4) is 0 Å². The van der Waals surface area contributed by atoms with E-state index in [2.05, 4.69) is 25.7 Å². The fraction of sp³-hybridized carbons (Fsp3) is 0.875. The van der Waals surface area contributed by atoms with E-state index in [0.29, 0.717) is 0 Å². The second-order valence-electron chi connectivity index (χ2n) is 2.34. The second-order valence-corrected chi connectivity index (χ2v) is 2.34. The number of ether oxygens (including phenoxy) is 1. The van der Waals surface area contributed by atoms with E-state index < -0.39 is 0 Å². The Hall–Kier alpha value is -0.0800. The van der Waals surface area contributed by atoms with E-state index in [-0.39, 0.29) is 6.10 Å². The maximum atomic E-state index is 5.03. The molecule has 0 aromatic carbocycles. The molecular weight excluding hydrogens is 126 g/mol. The molecule has 0 aliphatic heterocycles. The first kappa shape index (κ1) is 9.92. The number of likely N-dealkylation sites (N-methyl/N-ethyl adjacent to an activating group) is 1. The third-order valence-corrected chi connectivity index (χ3v) is 1.69. The largest absolute Gasteiger partial charge is 0.380 e. The molecule has 0 N–H and O–H groups in total. The Morgan fingerprint density at radius 3 is 2.20 bits per heavy atom. The highest BCUT2D eigenvalue weighted by atomic mass is 16.5. The molecule has 2 nitrogen and oxygen atoms in total. The SMILES string of the molecule is [CH2]C(CN(CC)CC)OC. The van der Waals surface area contributed by atoms with Crippen molar-refractivity contribution in [3.63, 3.8) is 0 Å². The lowest BCUT2D eigenvalue weighted by Crippen LogP contribution is -2.31. The van der Waals surface area contributed by atoms with Crippen LogP contribution in [0.4, 0.5) is 0 Å². The van der Waals surface area contributed by atoms with Gasteiger partial charge in [-0.05, 0) is 20.0 Å². The van der Waals surface area contributed by atoms with Crippen molar-refractivity contribution in [2.45, 2.75) is 20.0 Å². The van der Waals surface area contributed by atoms with E-state index >= 15 is 0 Å². The molecule has 0 rings (SSSR count). The zero-order valence-electron chi connectivity index (χ0n) is 7.26. The van der Waals surface area contributed by atoms with Gasteiger partial charge in [-0.15, -0.1) is 0 Å². The fourth-order valence-electron chi connectivity index (χ4n) is 0.844. The van der Waals surface area contributed by atoms with E-state index in [1.807, 2.05) is 0 Å². The maximum absolute atomic E-state index is 5.03. The van der Waals surface area contributed by atoms with E-state index in [1.165, 1.54) is 0 Å². The van der Waals surface area contributed by atoms with E-state index in [4.69, 9.17) is 4.74 Å². The van der Waals surface area contributed by atoms with Crippen molar-refractivity contribution in [3.8, 4) is 0 Å². The van der Waals surface area contributed by atoms with Crippen molar-refractivity contribution in [2.75, 3.05) is 26.7 Å². The molecule has 0 aromatic heterocycles. The molecule has 0 amide bonds. The van der Waals surface area contributed by atoms with Gasteiger partial charge in [-0.25, -0.2) is 0 Å². The molecular formula is C8H18NO. The number of methoxy groups -OCH3 is 1. The molecule has 0 saturated carbocycles. The van der Waals surface area contributed by atoms with Gasteiger partial charge in [0.05, 0.1) is 6.10 Å². The van der Waals surface area contributed by atoms with Gasteiger partial charge < -0.3 is 9.64 Å². The standard InChI is InChI=1S/C8H18NO/c1-5-9(6-2)7-8(3)10-4/h8H,3,5-7H2,1-2,4H3. The molecule has 0 fully saturated rings. The van der Waals surface area contributed by atoms with Crippen molar-refractivity contribution < 1.29 is 4.74 Å². The number of hydrogen-bond acceptors (Lipinski definition) is 2. The van der Waals surface area contributed by atoms with Gasteiger partial charge in [0.1, 0.15) is 0 Å². The molecule has 10 heavy (non-hydrogen) atoms. The summed E-state index contributed by atoms with van der Waals surface area (Å²) in [4.78, 5) is 2.29. The summed E-state index contributed by atoms with van der Waals surface area (Å²) in [6, 6.07) is 0. The van der Waals surface area contributed by atoms with Gasteiger partial charge in [0.25, 0.3) is 0 Å². The first-order valence-corrected chi connectivity index (χ1v) is 3.82. The fourth-order valence-corrected chi connectivity index (χ4v) is 0.844. The summed E-state index contributed by atoms with van der Waals surface area (Å²) in [5.41, 5.74) is 0. The van der Waals surface area contributed by atoms with Gasteiger partial charge in [-0.1, -0.05) is 13.8 Å². The highest BCUT2D eigenvalue weighted by molar-refractivity contribution is 4.64. The van der Waals surface area contributed by atoms with Crippen LogP contribution in [0.5, 0.6) is 0 Å². The van der Waals surface area contributed by atoms with Gasteiger partial charge in [-0.2, -0.15) is 0 Å². The molecule has 0 saturated heterocycles. The van der Waals surface area contributed by atoms with Crippen molar-refractivity contribution in [1.29, 1.82) is 0 Å². The normalized spacial score (nSPS) is 14.1. The minimum Gasteiger partial charge on any atom is -0.380 e. The Morgan fingerprint density at radius 2 is 1.90 bits per heavy atom. The summed E-state index contributed by atoms with van der Waals surface area (Å²) in [7, 11) is 1.70. The van der Waals surface area contributed by atoms with Gasteiger partial charge in [0.2, 0.25) is 0 Å². The molecule has 0 bridgehead atoms. The molecule has 1 atom stereocenters. The Bertz CT molecular complexity index is 71.7. The quantitative estimate of drug-likeness (QED) is 0.574. The second kappa shape index (κ2) is 5.69. The minimum absolute atomic E-state index is 0.111. The molecule has 0 aliphatic carbocycles. The van der Waals surface area contributed by atoms with E-state index in [1.54, 1.807) is 7.11 Å². The zero-order valence-corrected chi connectivity index (χ0v) is 7.26. The van der Waals surface area contributed by atoms with Crippen molar-refractivity contribution in [2.24, 2.45) is 0 Å². The molecule has 0 spiro atoms. The summed E-state index contributed by atoms with van der Waals surface area (Å²) < 4.78 is 5.03. The molecule has 0 aliphatic rings.